The smallest absolute Gasteiger partial charge is 0.416 e. The van der Waals surface area contributed by atoms with Gasteiger partial charge in [-0.2, -0.15) is 13.2 Å². The van der Waals surface area contributed by atoms with Crippen LogP contribution in [0.3, 0.4) is 0 Å². The molecule has 0 radical (unpaired) electrons. The Hall–Kier alpha value is -3.12. The van der Waals surface area contributed by atoms with E-state index in [1.165, 1.54) is 12.1 Å². The van der Waals surface area contributed by atoms with E-state index in [1.807, 2.05) is 0 Å². The van der Waals surface area contributed by atoms with Crippen LogP contribution in [0.4, 0.5) is 13.2 Å². The fourth-order valence-electron chi connectivity index (χ4n) is 3.18. The lowest BCUT2D eigenvalue weighted by atomic mass is 9.79. The highest BCUT2D eigenvalue weighted by Gasteiger charge is 2.40. The fraction of sp³-hybridized carbons (Fsp3) is 0.136. The molecule has 0 aliphatic rings. The van der Waals surface area contributed by atoms with Crippen molar-refractivity contribution in [3.05, 3.63) is 107 Å². The fourth-order valence-corrected chi connectivity index (χ4v) is 3.18. The van der Waals surface area contributed by atoms with Gasteiger partial charge in [-0.15, -0.1) is 0 Å². The monoisotopic (exact) mass is 386 g/mol. The number of carboxylic acid groups (broad SMARTS) is 1. The largest absolute Gasteiger partial charge is 0.480 e. The molecule has 0 saturated heterocycles. The van der Waals surface area contributed by atoms with E-state index < -0.39 is 29.9 Å². The molecule has 0 aliphatic heterocycles. The van der Waals surface area contributed by atoms with Crippen molar-refractivity contribution in [1.82, 2.24) is 0 Å². The summed E-state index contributed by atoms with van der Waals surface area (Å²) in [5.74, 6) is -1.22. The van der Waals surface area contributed by atoms with E-state index in [9.17, 15) is 23.1 Å². The topological polar surface area (TPSA) is 46.5 Å². The maximum absolute atomic E-state index is 13.3. The third-order valence-corrected chi connectivity index (χ3v) is 4.37. The first-order valence-electron chi connectivity index (χ1n) is 8.48. The third-order valence-electron chi connectivity index (χ3n) is 4.37. The van der Waals surface area contributed by atoms with E-state index in [-0.39, 0.29) is 5.56 Å². The zero-order chi connectivity index (χ0) is 20.2. The summed E-state index contributed by atoms with van der Waals surface area (Å²) in [6.45, 7) is -0.681. The average molecular weight is 386 g/mol. The van der Waals surface area contributed by atoms with Crippen LogP contribution < -0.4 is 0 Å². The molecule has 6 heteroatoms. The number of aliphatic carboxylic acids is 1. The van der Waals surface area contributed by atoms with Crippen LogP contribution in [0, 0.1) is 0 Å². The molecule has 0 heterocycles. The van der Waals surface area contributed by atoms with Crippen LogP contribution in [0.1, 0.15) is 22.3 Å². The van der Waals surface area contributed by atoms with Crippen molar-refractivity contribution in [2.45, 2.75) is 11.8 Å². The van der Waals surface area contributed by atoms with Crippen LogP contribution in [0.2, 0.25) is 0 Å². The second-order valence-electron chi connectivity index (χ2n) is 6.17. The molecule has 3 aromatic carbocycles. The average Bonchev–Trinajstić information content (AvgIpc) is 2.70. The number of hydrogen-bond donors (Lipinski definition) is 1. The van der Waals surface area contributed by atoms with Crippen LogP contribution in [-0.2, 0) is 21.3 Å². The molecular formula is C22H17F3O3. The minimum Gasteiger partial charge on any atom is -0.480 e. The number of alkyl halides is 3. The molecule has 0 fully saturated rings. The highest BCUT2D eigenvalue weighted by Crippen LogP contribution is 2.42. The second-order valence-corrected chi connectivity index (χ2v) is 6.17. The standard InChI is InChI=1S/C22H17F3O3/c23-22(24,25)19-13-7-12-18(14-19)21(28-15-20(26)27,16-8-3-1-4-9-16)17-10-5-2-6-11-17/h1-14H,15H2,(H,26,27). The first-order valence-corrected chi connectivity index (χ1v) is 8.48. The van der Waals surface area contributed by atoms with E-state index in [4.69, 9.17) is 4.74 Å². The molecule has 0 aromatic heterocycles. The number of hydrogen-bond acceptors (Lipinski definition) is 2. The number of carbonyl (C=O) groups is 1. The van der Waals surface area contributed by atoms with E-state index in [1.54, 1.807) is 60.7 Å². The summed E-state index contributed by atoms with van der Waals surface area (Å²) in [5.41, 5.74) is -1.09. The molecule has 1 N–H and O–H groups in total. The Balaban J connectivity index is 2.31. The normalized spacial score (nSPS) is 12.0. The van der Waals surface area contributed by atoms with Gasteiger partial charge >= 0.3 is 12.1 Å². The third kappa shape index (κ3) is 3.92. The Kier molecular flexibility index (Phi) is 5.51. The lowest BCUT2D eigenvalue weighted by Crippen LogP contribution is -2.35. The van der Waals surface area contributed by atoms with Crippen molar-refractivity contribution in [1.29, 1.82) is 0 Å². The van der Waals surface area contributed by atoms with Crippen LogP contribution in [0.15, 0.2) is 84.9 Å². The van der Waals surface area contributed by atoms with Gasteiger partial charge in [0.15, 0.2) is 0 Å². The number of ether oxygens (including phenoxy) is 1. The Labute approximate surface area is 160 Å². The van der Waals surface area contributed by atoms with E-state index in [2.05, 4.69) is 0 Å². The van der Waals surface area contributed by atoms with Crippen molar-refractivity contribution in [2.24, 2.45) is 0 Å². The molecule has 0 unspecified atom stereocenters. The highest BCUT2D eigenvalue weighted by molar-refractivity contribution is 5.68. The summed E-state index contributed by atoms with van der Waals surface area (Å²) >= 11 is 0. The van der Waals surface area contributed by atoms with E-state index in [0.717, 1.165) is 12.1 Å². The summed E-state index contributed by atoms with van der Waals surface area (Å²) in [7, 11) is 0. The molecule has 3 aromatic rings. The SMILES string of the molecule is O=C(O)COC(c1ccccc1)(c1ccccc1)c1cccc(C(F)(F)F)c1. The highest BCUT2D eigenvalue weighted by atomic mass is 19.4. The van der Waals surface area contributed by atoms with Crippen LogP contribution in [-0.4, -0.2) is 17.7 Å². The zero-order valence-electron chi connectivity index (χ0n) is 14.7. The summed E-state index contributed by atoms with van der Waals surface area (Å²) in [4.78, 5) is 11.3. The molecular weight excluding hydrogens is 369 g/mol. The Morgan fingerprint density at radius 3 is 1.68 bits per heavy atom. The van der Waals surface area contributed by atoms with E-state index in [0.29, 0.717) is 11.1 Å². The maximum Gasteiger partial charge on any atom is 0.416 e. The lowest BCUT2D eigenvalue weighted by Gasteiger charge is -2.35. The van der Waals surface area contributed by atoms with Gasteiger partial charge in [0.25, 0.3) is 0 Å². The summed E-state index contributed by atoms with van der Waals surface area (Å²) in [6, 6.07) is 22.0. The Bertz CT molecular complexity index is 899. The van der Waals surface area contributed by atoms with Gasteiger partial charge in [-0.3, -0.25) is 0 Å². The molecule has 0 amide bonds. The van der Waals surface area contributed by atoms with Crippen molar-refractivity contribution < 1.29 is 27.8 Å². The molecule has 0 atom stereocenters. The van der Waals surface area contributed by atoms with Gasteiger partial charge in [-0.25, -0.2) is 4.79 Å². The molecule has 3 rings (SSSR count). The van der Waals surface area contributed by atoms with Crippen LogP contribution >= 0.6 is 0 Å². The van der Waals surface area contributed by atoms with Gasteiger partial charge in [0.05, 0.1) is 5.56 Å². The van der Waals surface area contributed by atoms with Gasteiger partial charge in [0, 0.05) is 0 Å². The first kappa shape index (κ1) is 19.6. The predicted molar refractivity (Wildman–Crippen MR) is 97.8 cm³/mol. The molecule has 0 bridgehead atoms. The quantitative estimate of drug-likeness (QED) is 0.600. The summed E-state index contributed by atoms with van der Waals surface area (Å²) < 4.78 is 45.9. The van der Waals surface area contributed by atoms with Gasteiger partial charge in [-0.1, -0.05) is 72.8 Å². The summed E-state index contributed by atoms with van der Waals surface area (Å²) in [6.07, 6.45) is -4.54. The van der Waals surface area contributed by atoms with E-state index >= 15 is 0 Å². The van der Waals surface area contributed by atoms with Gasteiger partial charge in [0.1, 0.15) is 12.2 Å². The minimum atomic E-state index is -4.54. The molecule has 28 heavy (non-hydrogen) atoms. The zero-order valence-corrected chi connectivity index (χ0v) is 14.7. The molecule has 144 valence electrons. The number of rotatable bonds is 6. The Morgan fingerprint density at radius 1 is 0.750 bits per heavy atom. The van der Waals surface area contributed by atoms with Crippen molar-refractivity contribution in [3.8, 4) is 0 Å². The number of halogens is 3. The summed E-state index contributed by atoms with van der Waals surface area (Å²) in [5, 5.41) is 9.20. The molecule has 3 nitrogen and oxygen atoms in total. The number of benzene rings is 3. The second kappa shape index (κ2) is 7.86. The molecule has 0 aliphatic carbocycles. The van der Waals surface area contributed by atoms with Crippen LogP contribution in [0.5, 0.6) is 0 Å². The van der Waals surface area contributed by atoms with Gasteiger partial charge in [0.2, 0.25) is 0 Å². The first-order chi connectivity index (χ1) is 13.3. The van der Waals surface area contributed by atoms with Crippen molar-refractivity contribution in [2.75, 3.05) is 6.61 Å². The number of carboxylic acids is 1. The van der Waals surface area contributed by atoms with Gasteiger partial charge < -0.3 is 9.84 Å². The van der Waals surface area contributed by atoms with Crippen molar-refractivity contribution >= 4 is 5.97 Å². The van der Waals surface area contributed by atoms with Gasteiger partial charge in [-0.05, 0) is 28.8 Å². The Morgan fingerprint density at radius 2 is 1.21 bits per heavy atom. The lowest BCUT2D eigenvalue weighted by molar-refractivity contribution is -0.146. The van der Waals surface area contributed by atoms with Crippen molar-refractivity contribution in [3.63, 3.8) is 0 Å². The molecule has 0 spiro atoms. The molecule has 0 saturated carbocycles. The predicted octanol–water partition coefficient (Wildman–Crippen LogP) is 5.10. The van der Waals surface area contributed by atoms with Crippen LogP contribution in [0.25, 0.3) is 0 Å². The maximum atomic E-state index is 13.3. The minimum absolute atomic E-state index is 0.195.